The van der Waals surface area contributed by atoms with E-state index in [1.54, 1.807) is 0 Å². The average Bonchev–Trinajstić information content (AvgIpc) is 2.87. The van der Waals surface area contributed by atoms with Gasteiger partial charge in [0.1, 0.15) is 5.69 Å². The van der Waals surface area contributed by atoms with Crippen molar-refractivity contribution in [3.8, 4) is 5.69 Å². The molecule has 1 aromatic heterocycles. The summed E-state index contributed by atoms with van der Waals surface area (Å²) in [4.78, 5) is 12.1. The third kappa shape index (κ3) is 3.50. The van der Waals surface area contributed by atoms with Crippen LogP contribution in [-0.4, -0.2) is 19.9 Å². The van der Waals surface area contributed by atoms with Gasteiger partial charge in [-0.05, 0) is 18.1 Å². The van der Waals surface area contributed by atoms with Gasteiger partial charge >= 0.3 is 0 Å². The van der Waals surface area contributed by atoms with Crippen molar-refractivity contribution in [1.29, 1.82) is 0 Å². The normalized spacial score (nSPS) is 11.8. The maximum atomic E-state index is 11.0. The van der Waals surface area contributed by atoms with Crippen LogP contribution in [0.3, 0.4) is 0 Å². The molecule has 1 aromatic carbocycles. The van der Waals surface area contributed by atoms with Crippen LogP contribution in [0.5, 0.6) is 0 Å². The zero-order valence-corrected chi connectivity index (χ0v) is 11.4. The molecule has 2 aromatic rings. The van der Waals surface area contributed by atoms with E-state index >= 15 is 0 Å². The van der Waals surface area contributed by atoms with E-state index in [9.17, 15) is 10.1 Å². The summed E-state index contributed by atoms with van der Waals surface area (Å²) in [5, 5.41) is 19.3. The van der Waals surface area contributed by atoms with Crippen LogP contribution in [0.25, 0.3) is 11.8 Å². The van der Waals surface area contributed by atoms with Crippen molar-refractivity contribution in [2.24, 2.45) is 5.92 Å². The van der Waals surface area contributed by atoms with Crippen molar-refractivity contribution in [2.75, 3.05) is 0 Å². The average molecular weight is 272 g/mol. The Hall–Kier alpha value is -2.50. The van der Waals surface area contributed by atoms with Gasteiger partial charge < -0.3 is 0 Å². The lowest BCUT2D eigenvalue weighted by atomic mass is 10.1. The minimum absolute atomic E-state index is 0.153. The van der Waals surface area contributed by atoms with Crippen LogP contribution in [0.1, 0.15) is 26.0 Å². The summed E-state index contributed by atoms with van der Waals surface area (Å²) in [6.45, 7) is 3.89. The maximum Gasteiger partial charge on any atom is 0.248 e. The van der Waals surface area contributed by atoms with Gasteiger partial charge in [-0.2, -0.15) is 9.90 Å². The molecule has 0 radical (unpaired) electrons. The molecule has 6 nitrogen and oxygen atoms in total. The Labute approximate surface area is 116 Å². The molecule has 0 atom stereocenters. The lowest BCUT2D eigenvalue weighted by molar-refractivity contribution is -0.427. The third-order valence-electron chi connectivity index (χ3n) is 2.66. The first-order valence-corrected chi connectivity index (χ1v) is 6.39. The minimum Gasteiger partial charge on any atom is -0.259 e. The number of aromatic nitrogens is 3. The number of benzene rings is 1. The molecule has 0 fully saturated rings. The van der Waals surface area contributed by atoms with E-state index < -0.39 is 0 Å². The highest BCUT2D eigenvalue weighted by Gasteiger charge is 2.14. The fourth-order valence-electron chi connectivity index (χ4n) is 1.80. The number of para-hydroxylation sites is 1. The Balaban J connectivity index is 2.26. The highest BCUT2D eigenvalue weighted by molar-refractivity contribution is 5.45. The summed E-state index contributed by atoms with van der Waals surface area (Å²) < 4.78 is 0. The fraction of sp³-hybridized carbons (Fsp3) is 0.286. The first-order chi connectivity index (χ1) is 9.56. The van der Waals surface area contributed by atoms with E-state index in [-0.39, 0.29) is 16.5 Å². The Bertz CT molecular complexity index is 617. The van der Waals surface area contributed by atoms with Crippen molar-refractivity contribution in [3.63, 3.8) is 0 Å². The lowest BCUT2D eigenvalue weighted by Crippen LogP contribution is -2.03. The topological polar surface area (TPSA) is 73.8 Å². The highest BCUT2D eigenvalue weighted by atomic mass is 16.6. The van der Waals surface area contributed by atoms with Gasteiger partial charge in [0.15, 0.2) is 0 Å². The van der Waals surface area contributed by atoms with Crippen LogP contribution in [0, 0.1) is 16.0 Å². The summed E-state index contributed by atoms with van der Waals surface area (Å²) in [6.07, 6.45) is 3.41. The predicted octanol–water partition coefficient (Wildman–Crippen LogP) is 2.93. The first-order valence-electron chi connectivity index (χ1n) is 6.39. The Morgan fingerprint density at radius 3 is 2.70 bits per heavy atom. The molecule has 0 aliphatic heterocycles. The second-order valence-electron chi connectivity index (χ2n) is 4.89. The van der Waals surface area contributed by atoms with Gasteiger partial charge in [0, 0.05) is 12.5 Å². The van der Waals surface area contributed by atoms with E-state index in [4.69, 9.17) is 0 Å². The van der Waals surface area contributed by atoms with Gasteiger partial charge in [-0.25, -0.2) is 0 Å². The van der Waals surface area contributed by atoms with Crippen LogP contribution in [0.2, 0.25) is 0 Å². The van der Waals surface area contributed by atoms with Gasteiger partial charge in [0.05, 0.1) is 16.8 Å². The van der Waals surface area contributed by atoms with Gasteiger partial charge in [0.2, 0.25) is 5.70 Å². The quantitative estimate of drug-likeness (QED) is 0.619. The monoisotopic (exact) mass is 272 g/mol. The van der Waals surface area contributed by atoms with Crippen LogP contribution in [0.4, 0.5) is 0 Å². The van der Waals surface area contributed by atoms with Gasteiger partial charge in [-0.1, -0.05) is 32.0 Å². The van der Waals surface area contributed by atoms with E-state index in [1.807, 2.05) is 44.2 Å². The van der Waals surface area contributed by atoms with Gasteiger partial charge in [-0.15, -0.1) is 5.10 Å². The number of hydrogen-bond acceptors (Lipinski definition) is 4. The largest absolute Gasteiger partial charge is 0.259 e. The zero-order chi connectivity index (χ0) is 14.5. The maximum absolute atomic E-state index is 11.0. The van der Waals surface area contributed by atoms with E-state index in [0.29, 0.717) is 12.1 Å². The van der Waals surface area contributed by atoms with Crippen LogP contribution in [0.15, 0.2) is 42.2 Å². The molecule has 0 aliphatic rings. The summed E-state index contributed by atoms with van der Waals surface area (Å²) in [7, 11) is 0. The van der Waals surface area contributed by atoms with Crippen molar-refractivity contribution in [3.05, 3.63) is 58.0 Å². The highest BCUT2D eigenvalue weighted by Crippen LogP contribution is 2.14. The van der Waals surface area contributed by atoms with Crippen molar-refractivity contribution in [1.82, 2.24) is 15.0 Å². The van der Waals surface area contributed by atoms with Crippen LogP contribution >= 0.6 is 0 Å². The fourth-order valence-corrected chi connectivity index (χ4v) is 1.80. The molecule has 0 saturated carbocycles. The smallest absolute Gasteiger partial charge is 0.248 e. The molecule has 0 spiro atoms. The molecule has 0 amide bonds. The molecule has 0 bridgehead atoms. The molecule has 0 unspecified atom stereocenters. The summed E-state index contributed by atoms with van der Waals surface area (Å²) >= 11 is 0. The molecule has 0 saturated heterocycles. The van der Waals surface area contributed by atoms with Crippen molar-refractivity contribution >= 4 is 6.08 Å². The van der Waals surface area contributed by atoms with E-state index in [0.717, 1.165) is 5.69 Å². The van der Waals surface area contributed by atoms with E-state index in [2.05, 4.69) is 10.2 Å². The standard InChI is InChI=1S/C14H16N4O2/c1-11(2)8-14(18(19)20)9-12-10-15-17(16-12)13-6-4-3-5-7-13/h3-7,9-11H,8H2,1-2H3. The molecule has 1 heterocycles. The molecular formula is C14H16N4O2. The van der Waals surface area contributed by atoms with Gasteiger partial charge in [0.25, 0.3) is 0 Å². The number of nitro groups is 1. The van der Waals surface area contributed by atoms with Crippen LogP contribution in [-0.2, 0) is 0 Å². The Morgan fingerprint density at radius 2 is 2.10 bits per heavy atom. The second kappa shape index (κ2) is 6.10. The number of allylic oxidation sites excluding steroid dienone is 1. The van der Waals surface area contributed by atoms with E-state index in [1.165, 1.54) is 17.1 Å². The van der Waals surface area contributed by atoms with Crippen molar-refractivity contribution < 1.29 is 4.92 Å². The SMILES string of the molecule is CC(C)CC(=Cc1cnn(-c2ccccc2)n1)[N+](=O)[O-]. The molecule has 20 heavy (non-hydrogen) atoms. The molecule has 104 valence electrons. The van der Waals surface area contributed by atoms with Crippen LogP contribution < -0.4 is 0 Å². The zero-order valence-electron chi connectivity index (χ0n) is 11.4. The molecule has 2 rings (SSSR count). The summed E-state index contributed by atoms with van der Waals surface area (Å²) in [5.74, 6) is 0.218. The summed E-state index contributed by atoms with van der Waals surface area (Å²) in [6, 6.07) is 9.41. The molecule has 0 N–H and O–H groups in total. The number of rotatable bonds is 5. The number of nitrogens with zero attached hydrogens (tertiary/aromatic N) is 4. The Morgan fingerprint density at radius 1 is 1.40 bits per heavy atom. The third-order valence-corrected chi connectivity index (χ3v) is 2.66. The summed E-state index contributed by atoms with van der Waals surface area (Å²) in [5.41, 5.74) is 1.46. The van der Waals surface area contributed by atoms with Gasteiger partial charge in [-0.3, -0.25) is 10.1 Å². The minimum atomic E-state index is -0.360. The predicted molar refractivity (Wildman–Crippen MR) is 75.8 cm³/mol. The molecule has 6 heteroatoms. The molecule has 0 aliphatic carbocycles. The number of hydrogen-bond donors (Lipinski definition) is 0. The first kappa shape index (κ1) is 13.9. The van der Waals surface area contributed by atoms with Crippen molar-refractivity contribution in [2.45, 2.75) is 20.3 Å². The Kier molecular flexibility index (Phi) is 4.24. The lowest BCUT2D eigenvalue weighted by Gasteiger charge is -2.01. The second-order valence-corrected chi connectivity index (χ2v) is 4.89. The molecular weight excluding hydrogens is 256 g/mol.